The number of amides is 3. The Labute approximate surface area is 158 Å². The van der Waals surface area contributed by atoms with Gasteiger partial charge >= 0.3 is 0 Å². The molecule has 1 aromatic carbocycles. The van der Waals surface area contributed by atoms with Crippen LogP contribution in [0.15, 0.2) is 18.2 Å². The summed E-state index contributed by atoms with van der Waals surface area (Å²) in [5, 5.41) is 9.42. The van der Waals surface area contributed by atoms with Crippen LogP contribution in [-0.4, -0.2) is 47.3 Å². The van der Waals surface area contributed by atoms with Gasteiger partial charge in [-0.25, -0.2) is 0 Å². The standard InChI is InChI=1S/C20H26N4O3/c1-12(16-3-2-8-21-16)22-10-13-4-5-15-14(9-13)11-24(20(15)27)17-6-7-18(25)23-19(17)26/h4-5,9,12,16-17,21-22H,2-3,6-8,10-11H2,1H3,(H,23,25,26)/t12?,16-,17?/m0/s1. The van der Waals surface area contributed by atoms with Gasteiger partial charge in [-0.05, 0) is 49.9 Å². The highest BCUT2D eigenvalue weighted by Crippen LogP contribution is 2.28. The summed E-state index contributed by atoms with van der Waals surface area (Å²) in [6, 6.07) is 6.25. The summed E-state index contributed by atoms with van der Waals surface area (Å²) < 4.78 is 0. The zero-order valence-electron chi connectivity index (χ0n) is 15.6. The molecule has 3 amide bonds. The zero-order valence-corrected chi connectivity index (χ0v) is 15.6. The summed E-state index contributed by atoms with van der Waals surface area (Å²) in [5.41, 5.74) is 2.75. The average Bonchev–Trinajstić information content (AvgIpc) is 3.29. The average molecular weight is 370 g/mol. The molecule has 0 spiro atoms. The summed E-state index contributed by atoms with van der Waals surface area (Å²) in [6.07, 6.45) is 3.10. The maximum Gasteiger partial charge on any atom is 0.255 e. The largest absolute Gasteiger partial charge is 0.322 e. The van der Waals surface area contributed by atoms with Crippen molar-refractivity contribution in [2.24, 2.45) is 0 Å². The minimum atomic E-state index is -0.558. The minimum absolute atomic E-state index is 0.123. The van der Waals surface area contributed by atoms with Crippen molar-refractivity contribution in [3.05, 3.63) is 34.9 Å². The molecule has 1 aromatic rings. The van der Waals surface area contributed by atoms with Crippen LogP contribution >= 0.6 is 0 Å². The van der Waals surface area contributed by atoms with Gasteiger partial charge in [0.1, 0.15) is 6.04 Å². The number of rotatable bonds is 5. The highest BCUT2D eigenvalue weighted by atomic mass is 16.2. The highest BCUT2D eigenvalue weighted by molar-refractivity contribution is 6.05. The van der Waals surface area contributed by atoms with E-state index in [1.165, 1.54) is 12.8 Å². The molecule has 27 heavy (non-hydrogen) atoms. The molecular formula is C20H26N4O3. The van der Waals surface area contributed by atoms with Crippen LogP contribution in [0.3, 0.4) is 0 Å². The van der Waals surface area contributed by atoms with Crippen molar-refractivity contribution < 1.29 is 14.4 Å². The van der Waals surface area contributed by atoms with Crippen LogP contribution in [0.2, 0.25) is 0 Å². The molecule has 2 saturated heterocycles. The fourth-order valence-corrected chi connectivity index (χ4v) is 4.30. The SMILES string of the molecule is CC(NCc1ccc2c(c1)CN(C1CCC(=O)NC1=O)C2=O)[C@@H]1CCCN1. The lowest BCUT2D eigenvalue weighted by Crippen LogP contribution is -2.52. The Balaban J connectivity index is 1.41. The van der Waals surface area contributed by atoms with Crippen LogP contribution in [0.5, 0.6) is 0 Å². The molecule has 7 nitrogen and oxygen atoms in total. The Kier molecular flexibility index (Phi) is 4.97. The van der Waals surface area contributed by atoms with Crippen LogP contribution < -0.4 is 16.0 Å². The van der Waals surface area contributed by atoms with Crippen LogP contribution in [-0.2, 0) is 22.7 Å². The molecule has 7 heteroatoms. The number of fused-ring (bicyclic) bond motifs is 1. The first kappa shape index (κ1) is 18.1. The van der Waals surface area contributed by atoms with E-state index < -0.39 is 6.04 Å². The Morgan fingerprint density at radius 1 is 1.26 bits per heavy atom. The maximum atomic E-state index is 12.7. The first-order valence-corrected chi connectivity index (χ1v) is 9.76. The van der Waals surface area contributed by atoms with Gasteiger partial charge in [-0.3, -0.25) is 19.7 Å². The molecular weight excluding hydrogens is 344 g/mol. The molecule has 3 aliphatic rings. The predicted octanol–water partition coefficient (Wildman–Crippen LogP) is 0.678. The Morgan fingerprint density at radius 2 is 2.11 bits per heavy atom. The lowest BCUT2D eigenvalue weighted by Gasteiger charge is -2.29. The summed E-state index contributed by atoms with van der Waals surface area (Å²) in [5.74, 6) is -0.755. The second-order valence-corrected chi connectivity index (χ2v) is 7.76. The number of nitrogens with zero attached hydrogens (tertiary/aromatic N) is 1. The number of imide groups is 1. The van der Waals surface area contributed by atoms with E-state index in [0.717, 1.165) is 24.2 Å². The number of hydrogen-bond donors (Lipinski definition) is 3. The van der Waals surface area contributed by atoms with Crippen molar-refractivity contribution in [1.29, 1.82) is 0 Å². The molecule has 0 aliphatic carbocycles. The fraction of sp³-hybridized carbons (Fsp3) is 0.550. The fourth-order valence-electron chi connectivity index (χ4n) is 4.30. The second kappa shape index (κ2) is 7.40. The molecule has 3 N–H and O–H groups in total. The van der Waals surface area contributed by atoms with E-state index in [1.807, 2.05) is 12.1 Å². The van der Waals surface area contributed by atoms with Gasteiger partial charge in [-0.2, -0.15) is 0 Å². The van der Waals surface area contributed by atoms with Gasteiger partial charge in [-0.1, -0.05) is 12.1 Å². The van der Waals surface area contributed by atoms with Gasteiger partial charge in [0.2, 0.25) is 11.8 Å². The Bertz CT molecular complexity index is 772. The number of nitrogens with one attached hydrogen (secondary N) is 3. The molecule has 3 atom stereocenters. The van der Waals surface area contributed by atoms with Crippen LogP contribution in [0, 0.1) is 0 Å². The van der Waals surface area contributed by atoms with E-state index in [2.05, 4.69) is 28.9 Å². The summed E-state index contributed by atoms with van der Waals surface area (Å²) in [4.78, 5) is 37.8. The number of piperidine rings is 1. The van der Waals surface area contributed by atoms with Crippen LogP contribution in [0.1, 0.15) is 54.1 Å². The Morgan fingerprint density at radius 3 is 2.85 bits per heavy atom. The van der Waals surface area contributed by atoms with Crippen molar-refractivity contribution in [3.63, 3.8) is 0 Å². The van der Waals surface area contributed by atoms with E-state index in [4.69, 9.17) is 0 Å². The monoisotopic (exact) mass is 370 g/mol. The van der Waals surface area contributed by atoms with Gasteiger partial charge in [0.15, 0.2) is 0 Å². The van der Waals surface area contributed by atoms with Crippen molar-refractivity contribution >= 4 is 17.7 Å². The minimum Gasteiger partial charge on any atom is -0.322 e. The molecule has 0 aromatic heterocycles. The topological polar surface area (TPSA) is 90.5 Å². The molecule has 0 bridgehead atoms. The molecule has 144 valence electrons. The summed E-state index contributed by atoms with van der Waals surface area (Å²) in [6.45, 7) is 4.46. The summed E-state index contributed by atoms with van der Waals surface area (Å²) in [7, 11) is 0. The van der Waals surface area contributed by atoms with Gasteiger partial charge in [0.25, 0.3) is 5.91 Å². The van der Waals surface area contributed by atoms with Crippen LogP contribution in [0.25, 0.3) is 0 Å². The number of carbonyl (C=O) groups excluding carboxylic acids is 3. The molecule has 4 rings (SSSR count). The third kappa shape index (κ3) is 3.61. The number of hydrogen-bond acceptors (Lipinski definition) is 5. The third-order valence-electron chi connectivity index (χ3n) is 5.92. The molecule has 3 aliphatic heterocycles. The predicted molar refractivity (Wildman–Crippen MR) is 99.8 cm³/mol. The molecule has 2 unspecified atom stereocenters. The van der Waals surface area contributed by atoms with E-state index in [9.17, 15) is 14.4 Å². The highest BCUT2D eigenvalue weighted by Gasteiger charge is 2.39. The first-order chi connectivity index (χ1) is 13.0. The third-order valence-corrected chi connectivity index (χ3v) is 5.92. The quantitative estimate of drug-likeness (QED) is 0.663. The maximum absolute atomic E-state index is 12.7. The van der Waals surface area contributed by atoms with Crippen molar-refractivity contribution in [3.8, 4) is 0 Å². The molecule has 2 fully saturated rings. The van der Waals surface area contributed by atoms with E-state index in [0.29, 0.717) is 30.6 Å². The smallest absolute Gasteiger partial charge is 0.255 e. The van der Waals surface area contributed by atoms with E-state index >= 15 is 0 Å². The first-order valence-electron chi connectivity index (χ1n) is 9.76. The second-order valence-electron chi connectivity index (χ2n) is 7.76. The summed E-state index contributed by atoms with van der Waals surface area (Å²) >= 11 is 0. The number of carbonyl (C=O) groups is 3. The molecule has 0 saturated carbocycles. The zero-order chi connectivity index (χ0) is 19.0. The van der Waals surface area contributed by atoms with Gasteiger partial charge in [0.05, 0.1) is 0 Å². The molecule has 3 heterocycles. The van der Waals surface area contributed by atoms with E-state index in [-0.39, 0.29) is 24.1 Å². The van der Waals surface area contributed by atoms with Crippen LogP contribution in [0.4, 0.5) is 0 Å². The molecule has 0 radical (unpaired) electrons. The van der Waals surface area contributed by atoms with Crippen molar-refractivity contribution in [1.82, 2.24) is 20.9 Å². The van der Waals surface area contributed by atoms with E-state index in [1.54, 1.807) is 4.90 Å². The lowest BCUT2D eigenvalue weighted by atomic mass is 10.0. The van der Waals surface area contributed by atoms with Gasteiger partial charge in [-0.15, -0.1) is 0 Å². The van der Waals surface area contributed by atoms with Gasteiger partial charge in [0, 0.05) is 37.2 Å². The van der Waals surface area contributed by atoms with Crippen molar-refractivity contribution in [2.75, 3.05) is 6.54 Å². The Hall–Kier alpha value is -2.25. The normalized spacial score (nSPS) is 26.3. The van der Waals surface area contributed by atoms with Crippen molar-refractivity contribution in [2.45, 2.75) is 63.8 Å². The number of benzene rings is 1. The lowest BCUT2D eigenvalue weighted by molar-refractivity contribution is -0.136. The van der Waals surface area contributed by atoms with Gasteiger partial charge < -0.3 is 15.5 Å².